The highest BCUT2D eigenvalue weighted by atomic mass is 19.4. The van der Waals surface area contributed by atoms with Gasteiger partial charge in [0.1, 0.15) is 0 Å². The largest absolute Gasteiger partial charge is 0.471 e. The average Bonchev–Trinajstić information content (AvgIpc) is 2.59. The van der Waals surface area contributed by atoms with Crippen LogP contribution in [0.3, 0.4) is 0 Å². The molecular formula is C21H32F3NO2. The first-order valence-corrected chi connectivity index (χ1v) is 10.6. The first-order chi connectivity index (χ1) is 12.6. The van der Waals surface area contributed by atoms with Crippen molar-refractivity contribution in [2.75, 3.05) is 6.54 Å². The second-order valence-electron chi connectivity index (χ2n) is 10.1. The number of aliphatic hydroxyl groups excluding tert-OH is 1. The molecule has 1 aliphatic heterocycles. The second kappa shape index (κ2) is 6.36. The number of nitrogens with zero attached hydrogens (tertiary/aromatic N) is 1. The molecule has 1 heterocycles. The number of fused-ring (bicyclic) bond motifs is 5. The molecule has 0 aromatic heterocycles. The molecule has 1 saturated heterocycles. The molecule has 3 saturated carbocycles. The van der Waals surface area contributed by atoms with Crippen molar-refractivity contribution < 1.29 is 23.1 Å². The van der Waals surface area contributed by atoms with E-state index in [0.29, 0.717) is 30.6 Å². The van der Waals surface area contributed by atoms with Gasteiger partial charge in [-0.1, -0.05) is 6.92 Å². The number of alkyl halides is 3. The van der Waals surface area contributed by atoms with Crippen molar-refractivity contribution in [2.24, 2.45) is 29.1 Å². The highest BCUT2D eigenvalue weighted by Crippen LogP contribution is 2.63. The van der Waals surface area contributed by atoms with Crippen molar-refractivity contribution in [1.29, 1.82) is 0 Å². The van der Waals surface area contributed by atoms with Crippen LogP contribution >= 0.6 is 0 Å². The lowest BCUT2D eigenvalue weighted by molar-refractivity contribution is -0.205. The van der Waals surface area contributed by atoms with Crippen molar-refractivity contribution >= 4 is 5.91 Å². The normalized spacial score (nSPS) is 47.6. The topological polar surface area (TPSA) is 40.5 Å². The van der Waals surface area contributed by atoms with Gasteiger partial charge in [-0.2, -0.15) is 13.2 Å². The summed E-state index contributed by atoms with van der Waals surface area (Å²) >= 11 is 0. The maximum atomic E-state index is 13.2. The van der Waals surface area contributed by atoms with Crippen LogP contribution in [0.25, 0.3) is 0 Å². The highest BCUT2D eigenvalue weighted by molar-refractivity contribution is 5.82. The maximum absolute atomic E-state index is 13.2. The van der Waals surface area contributed by atoms with Crippen LogP contribution < -0.4 is 0 Å². The van der Waals surface area contributed by atoms with Crippen LogP contribution in [0.1, 0.15) is 71.6 Å². The molecule has 27 heavy (non-hydrogen) atoms. The molecule has 4 fully saturated rings. The first kappa shape index (κ1) is 19.5. The minimum atomic E-state index is -4.79. The number of rotatable bonds is 0. The van der Waals surface area contributed by atoms with Crippen LogP contribution in [0.4, 0.5) is 13.2 Å². The second-order valence-corrected chi connectivity index (χ2v) is 10.1. The molecule has 0 radical (unpaired) electrons. The van der Waals surface area contributed by atoms with Gasteiger partial charge in [0.25, 0.3) is 0 Å². The third kappa shape index (κ3) is 2.92. The molecule has 4 aliphatic rings. The van der Waals surface area contributed by atoms with Gasteiger partial charge in [-0.25, -0.2) is 0 Å². The van der Waals surface area contributed by atoms with Crippen LogP contribution in [0.2, 0.25) is 0 Å². The Kier molecular flexibility index (Phi) is 4.60. The molecule has 3 nitrogen and oxygen atoms in total. The number of carbonyl (C=O) groups excluding carboxylic acids is 1. The number of hydrogen-bond donors (Lipinski definition) is 1. The minimum absolute atomic E-state index is 0.168. The lowest BCUT2D eigenvalue weighted by Crippen LogP contribution is -2.66. The van der Waals surface area contributed by atoms with E-state index < -0.39 is 17.6 Å². The van der Waals surface area contributed by atoms with E-state index in [-0.39, 0.29) is 24.0 Å². The monoisotopic (exact) mass is 387 g/mol. The van der Waals surface area contributed by atoms with Gasteiger partial charge in [0, 0.05) is 12.1 Å². The van der Waals surface area contributed by atoms with Crippen LogP contribution in [0.5, 0.6) is 0 Å². The van der Waals surface area contributed by atoms with E-state index in [0.717, 1.165) is 44.9 Å². The Labute approximate surface area is 159 Å². The summed E-state index contributed by atoms with van der Waals surface area (Å²) in [6, 6.07) is 0. The minimum Gasteiger partial charge on any atom is -0.393 e. The molecule has 0 unspecified atom stereocenters. The fourth-order valence-corrected chi connectivity index (χ4v) is 7.61. The lowest BCUT2D eigenvalue weighted by atomic mass is 9.45. The standard InChI is InChI=1S/C21H32F3NO2/c1-19-9-7-14(26)12-13(19)5-6-15-16(19)8-10-20(2)17(15)4-3-11-25(20)18(27)21(22,23)24/h13-17,26H,3-12H2,1-2H3/t13-,14-,15-,16+,17+,19+,20+/m1/s1. The summed E-state index contributed by atoms with van der Waals surface area (Å²) in [6.07, 6.45) is 3.04. The van der Waals surface area contributed by atoms with Gasteiger partial charge in [-0.05, 0) is 93.8 Å². The number of carbonyl (C=O) groups is 1. The Balaban J connectivity index is 1.62. The Hall–Kier alpha value is -0.780. The van der Waals surface area contributed by atoms with Crippen molar-refractivity contribution in [3.05, 3.63) is 0 Å². The van der Waals surface area contributed by atoms with Gasteiger partial charge in [0.2, 0.25) is 0 Å². The maximum Gasteiger partial charge on any atom is 0.471 e. The van der Waals surface area contributed by atoms with Gasteiger partial charge < -0.3 is 10.0 Å². The molecular weight excluding hydrogens is 355 g/mol. The lowest BCUT2D eigenvalue weighted by Gasteiger charge is -2.64. The van der Waals surface area contributed by atoms with Gasteiger partial charge >= 0.3 is 12.1 Å². The molecule has 0 aromatic rings. The van der Waals surface area contributed by atoms with Gasteiger partial charge in [-0.3, -0.25) is 4.79 Å². The smallest absolute Gasteiger partial charge is 0.393 e. The van der Waals surface area contributed by atoms with Crippen molar-refractivity contribution in [2.45, 2.75) is 89.5 Å². The summed E-state index contributed by atoms with van der Waals surface area (Å²) in [6.45, 7) is 4.51. The number of hydrogen-bond acceptors (Lipinski definition) is 2. The van der Waals surface area contributed by atoms with E-state index in [4.69, 9.17) is 0 Å². The van der Waals surface area contributed by atoms with Gasteiger partial charge in [-0.15, -0.1) is 0 Å². The zero-order valence-corrected chi connectivity index (χ0v) is 16.4. The van der Waals surface area contributed by atoms with Crippen LogP contribution in [0, 0.1) is 29.1 Å². The van der Waals surface area contributed by atoms with E-state index in [9.17, 15) is 23.1 Å². The molecule has 4 rings (SSSR count). The number of piperidine rings is 1. The Morgan fingerprint density at radius 1 is 1.04 bits per heavy atom. The first-order valence-electron chi connectivity index (χ1n) is 10.6. The summed E-state index contributed by atoms with van der Waals surface area (Å²) in [5.41, 5.74) is -0.469. The Morgan fingerprint density at radius 2 is 1.78 bits per heavy atom. The molecule has 6 heteroatoms. The average molecular weight is 387 g/mol. The van der Waals surface area contributed by atoms with E-state index >= 15 is 0 Å². The van der Waals surface area contributed by atoms with Crippen LogP contribution in [0.15, 0.2) is 0 Å². The quantitative estimate of drug-likeness (QED) is 0.663. The summed E-state index contributed by atoms with van der Waals surface area (Å²) in [7, 11) is 0. The fraction of sp³-hybridized carbons (Fsp3) is 0.952. The van der Waals surface area contributed by atoms with Crippen LogP contribution in [-0.4, -0.2) is 40.3 Å². The number of amides is 1. The Morgan fingerprint density at radius 3 is 2.48 bits per heavy atom. The van der Waals surface area contributed by atoms with E-state index in [1.807, 2.05) is 6.92 Å². The molecule has 0 bridgehead atoms. The number of likely N-dealkylation sites (tertiary alicyclic amines) is 1. The number of aliphatic hydroxyl groups is 1. The third-order valence-electron chi connectivity index (χ3n) is 9.00. The molecule has 0 aromatic carbocycles. The summed E-state index contributed by atoms with van der Waals surface area (Å²) < 4.78 is 39.6. The molecule has 154 valence electrons. The molecule has 3 aliphatic carbocycles. The van der Waals surface area contributed by atoms with Gasteiger partial charge in [0.15, 0.2) is 0 Å². The van der Waals surface area contributed by atoms with E-state index in [1.165, 1.54) is 4.90 Å². The van der Waals surface area contributed by atoms with Crippen molar-refractivity contribution in [3.63, 3.8) is 0 Å². The molecule has 7 atom stereocenters. The fourth-order valence-electron chi connectivity index (χ4n) is 7.61. The predicted octanol–water partition coefficient (Wildman–Crippen LogP) is 4.53. The third-order valence-corrected chi connectivity index (χ3v) is 9.00. The van der Waals surface area contributed by atoms with Crippen molar-refractivity contribution in [1.82, 2.24) is 4.90 Å². The zero-order valence-electron chi connectivity index (χ0n) is 16.4. The van der Waals surface area contributed by atoms with Crippen molar-refractivity contribution in [3.8, 4) is 0 Å². The summed E-state index contributed by atoms with van der Waals surface area (Å²) in [4.78, 5) is 13.3. The van der Waals surface area contributed by atoms with Gasteiger partial charge in [0.05, 0.1) is 6.10 Å². The predicted molar refractivity (Wildman–Crippen MR) is 95.8 cm³/mol. The highest BCUT2D eigenvalue weighted by Gasteiger charge is 2.61. The summed E-state index contributed by atoms with van der Waals surface area (Å²) in [5.74, 6) is -0.0232. The molecule has 1 N–H and O–H groups in total. The number of halogens is 3. The molecule has 0 spiro atoms. The SMILES string of the molecule is C[C@]12CC[C@@H](O)C[C@H]1CC[C@@H]1[C@@H]2CC[C@@]2(C)[C@H]1CCCN2C(=O)C(F)(F)F. The zero-order chi connectivity index (χ0) is 19.6. The Bertz CT molecular complexity index is 609. The summed E-state index contributed by atoms with van der Waals surface area (Å²) in [5, 5.41) is 10.1. The molecule has 1 amide bonds. The van der Waals surface area contributed by atoms with E-state index in [2.05, 4.69) is 6.92 Å². The van der Waals surface area contributed by atoms with E-state index in [1.54, 1.807) is 0 Å². The van der Waals surface area contributed by atoms with Crippen LogP contribution in [-0.2, 0) is 4.79 Å².